The van der Waals surface area contributed by atoms with Crippen molar-refractivity contribution in [3.05, 3.63) is 22.8 Å². The average molecular weight is 179 g/mol. The van der Waals surface area contributed by atoms with Gasteiger partial charge in [-0.05, 0) is 50.5 Å². The Bertz CT molecular complexity index is 318. The van der Waals surface area contributed by atoms with Crippen LogP contribution in [0.1, 0.15) is 23.6 Å². The maximum absolute atomic E-state index is 5.89. The Labute approximate surface area is 79.7 Å². The molecular formula is C11H17NO. The summed E-state index contributed by atoms with van der Waals surface area (Å²) in [5.74, 6) is 0.951. The monoisotopic (exact) mass is 179 g/mol. The van der Waals surface area contributed by atoms with Crippen LogP contribution in [0.2, 0.25) is 0 Å². The van der Waals surface area contributed by atoms with Crippen molar-refractivity contribution in [1.29, 1.82) is 0 Å². The molecule has 0 fully saturated rings. The van der Waals surface area contributed by atoms with Crippen molar-refractivity contribution in [1.82, 2.24) is 0 Å². The lowest BCUT2D eigenvalue weighted by atomic mass is 10.0. The molecule has 0 saturated heterocycles. The van der Waals surface area contributed by atoms with Crippen molar-refractivity contribution < 1.29 is 4.74 Å². The molecular weight excluding hydrogens is 162 g/mol. The summed E-state index contributed by atoms with van der Waals surface area (Å²) < 4.78 is 5.50. The van der Waals surface area contributed by atoms with Crippen LogP contribution in [0.4, 0.5) is 5.69 Å². The predicted octanol–water partition coefficient (Wildman–Crippen LogP) is 2.59. The van der Waals surface area contributed by atoms with E-state index in [9.17, 15) is 0 Å². The molecule has 0 aliphatic carbocycles. The summed E-state index contributed by atoms with van der Waals surface area (Å²) in [6.45, 7) is 8.75. The number of nitrogen functional groups attached to an aromatic ring is 1. The molecule has 1 aromatic carbocycles. The van der Waals surface area contributed by atoms with E-state index in [0.29, 0.717) is 6.61 Å². The Balaban J connectivity index is 3.24. The molecule has 0 bridgehead atoms. The minimum atomic E-state index is 0.698. The van der Waals surface area contributed by atoms with E-state index in [2.05, 4.69) is 0 Å². The van der Waals surface area contributed by atoms with E-state index in [-0.39, 0.29) is 0 Å². The first-order valence-electron chi connectivity index (χ1n) is 4.57. The summed E-state index contributed by atoms with van der Waals surface area (Å²) in [5.41, 5.74) is 10.1. The van der Waals surface area contributed by atoms with Crippen LogP contribution < -0.4 is 10.5 Å². The zero-order valence-corrected chi connectivity index (χ0v) is 8.77. The van der Waals surface area contributed by atoms with Crippen LogP contribution in [-0.2, 0) is 0 Å². The van der Waals surface area contributed by atoms with Crippen molar-refractivity contribution >= 4 is 5.69 Å². The van der Waals surface area contributed by atoms with Gasteiger partial charge in [0.15, 0.2) is 0 Å². The molecule has 2 N–H and O–H groups in total. The van der Waals surface area contributed by atoms with Crippen LogP contribution >= 0.6 is 0 Å². The molecule has 0 unspecified atom stereocenters. The number of anilines is 1. The van der Waals surface area contributed by atoms with Crippen LogP contribution in [0.25, 0.3) is 0 Å². The number of ether oxygens (including phenoxy) is 1. The molecule has 1 aromatic rings. The molecule has 0 atom stereocenters. The van der Waals surface area contributed by atoms with Crippen LogP contribution in [0.15, 0.2) is 6.07 Å². The fourth-order valence-corrected chi connectivity index (χ4v) is 1.37. The molecule has 72 valence electrons. The summed E-state index contributed by atoms with van der Waals surface area (Å²) in [5, 5.41) is 0. The highest BCUT2D eigenvalue weighted by atomic mass is 16.5. The Kier molecular flexibility index (Phi) is 2.81. The minimum Gasteiger partial charge on any atom is -0.494 e. The van der Waals surface area contributed by atoms with E-state index in [1.165, 1.54) is 0 Å². The SMILES string of the molecule is CCOc1cc(C)c(N)c(C)c1C. The van der Waals surface area contributed by atoms with Gasteiger partial charge in [-0.25, -0.2) is 0 Å². The van der Waals surface area contributed by atoms with Gasteiger partial charge < -0.3 is 10.5 Å². The number of hydrogen-bond donors (Lipinski definition) is 1. The predicted molar refractivity (Wildman–Crippen MR) is 56.2 cm³/mol. The van der Waals surface area contributed by atoms with Crippen molar-refractivity contribution in [3.8, 4) is 5.75 Å². The number of benzene rings is 1. The van der Waals surface area contributed by atoms with Crippen molar-refractivity contribution in [3.63, 3.8) is 0 Å². The second kappa shape index (κ2) is 3.69. The van der Waals surface area contributed by atoms with Gasteiger partial charge in [-0.2, -0.15) is 0 Å². The molecule has 0 aliphatic heterocycles. The lowest BCUT2D eigenvalue weighted by molar-refractivity contribution is 0.337. The molecule has 13 heavy (non-hydrogen) atoms. The van der Waals surface area contributed by atoms with Gasteiger partial charge in [0.25, 0.3) is 0 Å². The number of aryl methyl sites for hydroxylation is 1. The molecule has 0 amide bonds. The van der Waals surface area contributed by atoms with Gasteiger partial charge in [0.05, 0.1) is 6.61 Å². The van der Waals surface area contributed by atoms with E-state index in [1.807, 2.05) is 33.8 Å². The van der Waals surface area contributed by atoms with Crippen LogP contribution in [0, 0.1) is 20.8 Å². The van der Waals surface area contributed by atoms with Crippen LogP contribution in [-0.4, -0.2) is 6.61 Å². The topological polar surface area (TPSA) is 35.2 Å². The quantitative estimate of drug-likeness (QED) is 0.708. The van der Waals surface area contributed by atoms with E-state index in [0.717, 1.165) is 28.1 Å². The number of hydrogen-bond acceptors (Lipinski definition) is 2. The zero-order chi connectivity index (χ0) is 10.0. The number of nitrogens with two attached hydrogens (primary N) is 1. The molecule has 0 heterocycles. The third-order valence-corrected chi connectivity index (χ3v) is 2.41. The van der Waals surface area contributed by atoms with Crippen molar-refractivity contribution in [2.24, 2.45) is 0 Å². The minimum absolute atomic E-state index is 0.698. The highest BCUT2D eigenvalue weighted by molar-refractivity contribution is 5.60. The number of rotatable bonds is 2. The van der Waals surface area contributed by atoms with E-state index >= 15 is 0 Å². The second-order valence-electron chi connectivity index (χ2n) is 3.29. The van der Waals surface area contributed by atoms with Crippen LogP contribution in [0.5, 0.6) is 5.75 Å². The van der Waals surface area contributed by atoms with Gasteiger partial charge in [-0.15, -0.1) is 0 Å². The summed E-state index contributed by atoms with van der Waals surface area (Å²) in [6.07, 6.45) is 0. The molecule has 1 rings (SSSR count). The summed E-state index contributed by atoms with van der Waals surface area (Å²) >= 11 is 0. The van der Waals surface area contributed by atoms with Gasteiger partial charge in [0.2, 0.25) is 0 Å². The molecule has 0 aromatic heterocycles. The van der Waals surface area contributed by atoms with E-state index in [1.54, 1.807) is 0 Å². The summed E-state index contributed by atoms with van der Waals surface area (Å²) in [7, 11) is 0. The lowest BCUT2D eigenvalue weighted by Gasteiger charge is -2.13. The van der Waals surface area contributed by atoms with Gasteiger partial charge in [0.1, 0.15) is 5.75 Å². The first-order valence-corrected chi connectivity index (χ1v) is 4.57. The molecule has 2 heteroatoms. The Hall–Kier alpha value is -1.18. The first-order chi connectivity index (χ1) is 6.07. The Morgan fingerprint density at radius 2 is 1.85 bits per heavy atom. The maximum Gasteiger partial charge on any atom is 0.122 e. The Morgan fingerprint density at radius 1 is 1.23 bits per heavy atom. The van der Waals surface area contributed by atoms with Crippen LogP contribution in [0.3, 0.4) is 0 Å². The standard InChI is InChI=1S/C11H17NO/c1-5-13-10-6-7(2)11(12)9(4)8(10)3/h6H,5,12H2,1-4H3. The van der Waals surface area contributed by atoms with Crippen molar-refractivity contribution in [2.75, 3.05) is 12.3 Å². The smallest absolute Gasteiger partial charge is 0.122 e. The van der Waals surface area contributed by atoms with Gasteiger partial charge >= 0.3 is 0 Å². The third kappa shape index (κ3) is 1.77. The maximum atomic E-state index is 5.89. The zero-order valence-electron chi connectivity index (χ0n) is 8.77. The average Bonchev–Trinajstić information content (AvgIpc) is 2.11. The highest BCUT2D eigenvalue weighted by Crippen LogP contribution is 2.28. The fourth-order valence-electron chi connectivity index (χ4n) is 1.37. The van der Waals surface area contributed by atoms with E-state index < -0.39 is 0 Å². The molecule has 0 saturated carbocycles. The lowest BCUT2D eigenvalue weighted by Crippen LogP contribution is -2.01. The second-order valence-corrected chi connectivity index (χ2v) is 3.29. The van der Waals surface area contributed by atoms with Gasteiger partial charge in [-0.1, -0.05) is 0 Å². The Morgan fingerprint density at radius 3 is 2.38 bits per heavy atom. The van der Waals surface area contributed by atoms with Gasteiger partial charge in [0, 0.05) is 5.69 Å². The largest absolute Gasteiger partial charge is 0.494 e. The van der Waals surface area contributed by atoms with Crippen molar-refractivity contribution in [2.45, 2.75) is 27.7 Å². The van der Waals surface area contributed by atoms with E-state index in [4.69, 9.17) is 10.5 Å². The highest BCUT2D eigenvalue weighted by Gasteiger charge is 2.07. The summed E-state index contributed by atoms with van der Waals surface area (Å²) in [6, 6.07) is 2.00. The molecule has 0 aliphatic rings. The molecule has 2 nitrogen and oxygen atoms in total. The first kappa shape index (κ1) is 9.90. The van der Waals surface area contributed by atoms with Gasteiger partial charge in [-0.3, -0.25) is 0 Å². The third-order valence-electron chi connectivity index (χ3n) is 2.41. The normalized spacial score (nSPS) is 10.2. The summed E-state index contributed by atoms with van der Waals surface area (Å²) in [4.78, 5) is 0. The molecule has 0 radical (unpaired) electrons. The fraction of sp³-hybridized carbons (Fsp3) is 0.455. The molecule has 0 spiro atoms.